The minimum atomic E-state index is 0.264. The zero-order valence-electron chi connectivity index (χ0n) is 11.3. The predicted octanol–water partition coefficient (Wildman–Crippen LogP) is 2.26. The summed E-state index contributed by atoms with van der Waals surface area (Å²) in [5, 5.41) is 0. The van der Waals surface area contributed by atoms with E-state index in [1.165, 1.54) is 0 Å². The predicted molar refractivity (Wildman–Crippen MR) is 69.2 cm³/mol. The van der Waals surface area contributed by atoms with Crippen LogP contribution in [0.15, 0.2) is 0 Å². The Labute approximate surface area is 100 Å². The molecular formula is C13H28N2O. The first-order valence-corrected chi connectivity index (χ1v) is 6.52. The Morgan fingerprint density at radius 2 is 1.94 bits per heavy atom. The Balaban J connectivity index is 4.16. The zero-order valence-corrected chi connectivity index (χ0v) is 11.3. The summed E-state index contributed by atoms with van der Waals surface area (Å²) in [7, 11) is 0. The van der Waals surface area contributed by atoms with Crippen molar-refractivity contribution in [3.63, 3.8) is 0 Å². The van der Waals surface area contributed by atoms with Crippen molar-refractivity contribution < 1.29 is 4.79 Å². The highest BCUT2D eigenvalue weighted by Crippen LogP contribution is 2.15. The van der Waals surface area contributed by atoms with Gasteiger partial charge in [0.15, 0.2) is 0 Å². The highest BCUT2D eigenvalue weighted by atomic mass is 16.2. The van der Waals surface area contributed by atoms with Gasteiger partial charge in [0.25, 0.3) is 0 Å². The van der Waals surface area contributed by atoms with Crippen LogP contribution in [0.4, 0.5) is 0 Å². The summed E-state index contributed by atoms with van der Waals surface area (Å²) in [6.07, 6.45) is 2.69. The van der Waals surface area contributed by atoms with Gasteiger partial charge in [0, 0.05) is 19.5 Å². The zero-order chi connectivity index (χ0) is 12.6. The summed E-state index contributed by atoms with van der Waals surface area (Å²) in [6, 6.07) is 0. The lowest BCUT2D eigenvalue weighted by molar-refractivity contribution is -0.132. The van der Waals surface area contributed by atoms with E-state index in [9.17, 15) is 4.79 Å². The van der Waals surface area contributed by atoms with E-state index in [1.807, 2.05) is 11.8 Å². The lowest BCUT2D eigenvalue weighted by Crippen LogP contribution is -2.34. The molecule has 0 saturated heterocycles. The van der Waals surface area contributed by atoms with Gasteiger partial charge in [-0.2, -0.15) is 0 Å². The van der Waals surface area contributed by atoms with Crippen molar-refractivity contribution in [2.45, 2.75) is 47.0 Å². The maximum Gasteiger partial charge on any atom is 0.222 e. The highest BCUT2D eigenvalue weighted by Gasteiger charge is 2.17. The van der Waals surface area contributed by atoms with Crippen molar-refractivity contribution in [3.05, 3.63) is 0 Å². The third-order valence-electron chi connectivity index (χ3n) is 2.83. The van der Waals surface area contributed by atoms with Gasteiger partial charge in [0.1, 0.15) is 0 Å². The third kappa shape index (κ3) is 6.11. The molecule has 0 saturated carbocycles. The van der Waals surface area contributed by atoms with E-state index in [4.69, 9.17) is 5.73 Å². The van der Waals surface area contributed by atoms with Crippen molar-refractivity contribution in [2.24, 2.45) is 17.6 Å². The van der Waals surface area contributed by atoms with E-state index in [0.717, 1.165) is 25.9 Å². The fourth-order valence-electron chi connectivity index (χ4n) is 2.03. The van der Waals surface area contributed by atoms with Crippen LogP contribution in [0.1, 0.15) is 47.0 Å². The number of nitrogens with two attached hydrogens (primary N) is 1. The molecule has 2 N–H and O–H groups in total. The van der Waals surface area contributed by atoms with Gasteiger partial charge in [-0.05, 0) is 38.1 Å². The van der Waals surface area contributed by atoms with E-state index in [2.05, 4.69) is 20.8 Å². The molecule has 0 rings (SSSR count). The Hall–Kier alpha value is -0.570. The molecule has 0 aliphatic rings. The van der Waals surface area contributed by atoms with Crippen LogP contribution in [0.25, 0.3) is 0 Å². The van der Waals surface area contributed by atoms with Crippen LogP contribution in [0.2, 0.25) is 0 Å². The first-order valence-electron chi connectivity index (χ1n) is 6.52. The number of nitrogens with zero attached hydrogens (tertiary/aromatic N) is 1. The number of amides is 1. The fourth-order valence-corrected chi connectivity index (χ4v) is 2.03. The standard InChI is InChI=1S/C13H28N2O/c1-5-7-15(6-2)13(16)9-12(10-14)8-11(3)4/h11-12H,5-10,14H2,1-4H3/t12-/m0/s1. The quantitative estimate of drug-likeness (QED) is 0.692. The molecule has 0 unspecified atom stereocenters. The molecule has 0 fully saturated rings. The molecule has 0 aromatic heterocycles. The Kier molecular flexibility index (Phi) is 8.26. The maximum atomic E-state index is 12.0. The average molecular weight is 228 g/mol. The van der Waals surface area contributed by atoms with Crippen LogP contribution >= 0.6 is 0 Å². The van der Waals surface area contributed by atoms with E-state index < -0.39 is 0 Å². The summed E-state index contributed by atoms with van der Waals surface area (Å²) < 4.78 is 0. The van der Waals surface area contributed by atoms with Crippen LogP contribution in [-0.2, 0) is 4.79 Å². The van der Waals surface area contributed by atoms with Crippen LogP contribution in [0.5, 0.6) is 0 Å². The van der Waals surface area contributed by atoms with Gasteiger partial charge in [-0.1, -0.05) is 20.8 Å². The Morgan fingerprint density at radius 3 is 2.31 bits per heavy atom. The highest BCUT2D eigenvalue weighted by molar-refractivity contribution is 5.76. The van der Waals surface area contributed by atoms with Gasteiger partial charge >= 0.3 is 0 Å². The van der Waals surface area contributed by atoms with Gasteiger partial charge < -0.3 is 10.6 Å². The molecule has 0 spiro atoms. The Morgan fingerprint density at radius 1 is 1.31 bits per heavy atom. The second-order valence-corrected chi connectivity index (χ2v) is 4.91. The third-order valence-corrected chi connectivity index (χ3v) is 2.83. The lowest BCUT2D eigenvalue weighted by atomic mass is 9.94. The van der Waals surface area contributed by atoms with E-state index in [-0.39, 0.29) is 5.91 Å². The molecule has 1 atom stereocenters. The lowest BCUT2D eigenvalue weighted by Gasteiger charge is -2.23. The number of carbonyl (C=O) groups excluding carboxylic acids is 1. The number of rotatable bonds is 8. The van der Waals surface area contributed by atoms with E-state index >= 15 is 0 Å². The molecule has 3 nitrogen and oxygen atoms in total. The first-order chi connectivity index (χ1) is 7.54. The van der Waals surface area contributed by atoms with Gasteiger partial charge in [0.2, 0.25) is 5.91 Å². The van der Waals surface area contributed by atoms with Crippen molar-refractivity contribution in [3.8, 4) is 0 Å². The van der Waals surface area contributed by atoms with Crippen molar-refractivity contribution >= 4 is 5.91 Å². The minimum absolute atomic E-state index is 0.264. The molecule has 0 aromatic rings. The van der Waals surface area contributed by atoms with Crippen molar-refractivity contribution in [1.82, 2.24) is 4.90 Å². The van der Waals surface area contributed by atoms with Crippen molar-refractivity contribution in [1.29, 1.82) is 0 Å². The van der Waals surface area contributed by atoms with Crippen LogP contribution in [0.3, 0.4) is 0 Å². The SMILES string of the molecule is CCCN(CC)C(=O)C[C@@H](CN)CC(C)C. The van der Waals surface area contributed by atoms with Gasteiger partial charge in [-0.3, -0.25) is 4.79 Å². The smallest absolute Gasteiger partial charge is 0.222 e. The van der Waals surface area contributed by atoms with E-state index in [0.29, 0.717) is 24.8 Å². The first kappa shape index (κ1) is 15.4. The molecule has 0 bridgehead atoms. The van der Waals surface area contributed by atoms with Gasteiger partial charge in [-0.25, -0.2) is 0 Å². The number of hydrogen-bond acceptors (Lipinski definition) is 2. The van der Waals surface area contributed by atoms with Crippen LogP contribution in [0, 0.1) is 11.8 Å². The molecule has 0 aliphatic carbocycles. The molecule has 0 aromatic carbocycles. The second kappa shape index (κ2) is 8.57. The molecule has 0 aliphatic heterocycles. The normalized spacial score (nSPS) is 12.9. The van der Waals surface area contributed by atoms with Crippen LogP contribution < -0.4 is 5.73 Å². The van der Waals surface area contributed by atoms with E-state index in [1.54, 1.807) is 0 Å². The molecule has 16 heavy (non-hydrogen) atoms. The van der Waals surface area contributed by atoms with Crippen molar-refractivity contribution in [2.75, 3.05) is 19.6 Å². The average Bonchev–Trinajstić information content (AvgIpc) is 2.23. The fraction of sp³-hybridized carbons (Fsp3) is 0.923. The van der Waals surface area contributed by atoms with Gasteiger partial charge in [0.05, 0.1) is 0 Å². The summed E-state index contributed by atoms with van der Waals surface area (Å²) in [4.78, 5) is 13.9. The number of hydrogen-bond donors (Lipinski definition) is 1. The van der Waals surface area contributed by atoms with Crippen LogP contribution in [-0.4, -0.2) is 30.4 Å². The minimum Gasteiger partial charge on any atom is -0.343 e. The van der Waals surface area contributed by atoms with Gasteiger partial charge in [-0.15, -0.1) is 0 Å². The molecule has 0 radical (unpaired) electrons. The second-order valence-electron chi connectivity index (χ2n) is 4.91. The molecule has 1 amide bonds. The summed E-state index contributed by atoms with van der Waals surface area (Å²) in [5.41, 5.74) is 5.71. The summed E-state index contributed by atoms with van der Waals surface area (Å²) in [6.45, 7) is 10.8. The summed E-state index contributed by atoms with van der Waals surface area (Å²) in [5.74, 6) is 1.22. The topological polar surface area (TPSA) is 46.3 Å². The molecule has 96 valence electrons. The maximum absolute atomic E-state index is 12.0. The molecular weight excluding hydrogens is 200 g/mol. The molecule has 3 heteroatoms. The summed E-state index contributed by atoms with van der Waals surface area (Å²) >= 11 is 0. The largest absolute Gasteiger partial charge is 0.343 e. The number of carbonyl (C=O) groups is 1. The molecule has 0 heterocycles. The monoisotopic (exact) mass is 228 g/mol. The Bertz CT molecular complexity index is 192.